The van der Waals surface area contributed by atoms with Crippen molar-refractivity contribution in [1.82, 2.24) is 9.88 Å². The Kier molecular flexibility index (Phi) is 6.38. The second-order valence-electron chi connectivity index (χ2n) is 7.62. The van der Waals surface area contributed by atoms with Gasteiger partial charge in [-0.3, -0.25) is 9.88 Å². The SMILES string of the molecule is CC(CN(Cc1ccccc1)Cc1ccccc1)c1ccc2cc(Br)ccc2n1. The molecule has 2 nitrogen and oxygen atoms in total. The molecule has 0 bridgehead atoms. The number of fused-ring (bicyclic) bond motifs is 1. The molecule has 0 N–H and O–H groups in total. The standard InChI is InChI=1S/C26H25BrN2/c1-20(25-14-12-23-16-24(27)13-15-26(23)28-25)17-29(18-21-8-4-2-5-9-21)19-22-10-6-3-7-11-22/h2-16,20H,17-19H2,1H3. The average Bonchev–Trinajstić information content (AvgIpc) is 2.74. The number of pyridine rings is 1. The molecule has 3 aromatic carbocycles. The van der Waals surface area contributed by atoms with Crippen molar-refractivity contribution < 1.29 is 0 Å². The summed E-state index contributed by atoms with van der Waals surface area (Å²) in [4.78, 5) is 7.45. The smallest absolute Gasteiger partial charge is 0.0706 e. The first kappa shape index (κ1) is 19.8. The fraction of sp³-hybridized carbons (Fsp3) is 0.192. The number of benzene rings is 3. The molecule has 4 aromatic rings. The molecule has 0 radical (unpaired) electrons. The minimum absolute atomic E-state index is 0.343. The first-order valence-corrected chi connectivity index (χ1v) is 10.8. The third kappa shape index (κ3) is 5.31. The Hall–Kier alpha value is -2.49. The van der Waals surface area contributed by atoms with Gasteiger partial charge >= 0.3 is 0 Å². The van der Waals surface area contributed by atoms with Crippen LogP contribution in [0.2, 0.25) is 0 Å². The number of rotatable bonds is 7. The molecule has 1 aromatic heterocycles. The number of nitrogens with zero attached hydrogens (tertiary/aromatic N) is 2. The van der Waals surface area contributed by atoms with Crippen LogP contribution in [-0.4, -0.2) is 16.4 Å². The number of halogens is 1. The van der Waals surface area contributed by atoms with Crippen LogP contribution in [0.4, 0.5) is 0 Å². The van der Waals surface area contributed by atoms with E-state index in [0.29, 0.717) is 5.92 Å². The van der Waals surface area contributed by atoms with Gasteiger partial charge in [0.25, 0.3) is 0 Å². The molecule has 146 valence electrons. The molecular formula is C26H25BrN2. The Labute approximate surface area is 181 Å². The van der Waals surface area contributed by atoms with E-state index < -0.39 is 0 Å². The van der Waals surface area contributed by atoms with Crippen molar-refractivity contribution in [3.05, 3.63) is 112 Å². The molecule has 0 spiro atoms. The van der Waals surface area contributed by atoms with Gasteiger partial charge in [-0.2, -0.15) is 0 Å². The predicted molar refractivity (Wildman–Crippen MR) is 125 cm³/mol. The highest BCUT2D eigenvalue weighted by molar-refractivity contribution is 9.10. The second kappa shape index (κ2) is 9.34. The van der Waals surface area contributed by atoms with E-state index in [-0.39, 0.29) is 0 Å². The second-order valence-corrected chi connectivity index (χ2v) is 8.53. The third-order valence-corrected chi connectivity index (χ3v) is 5.70. The fourth-order valence-electron chi connectivity index (χ4n) is 3.74. The minimum Gasteiger partial charge on any atom is -0.294 e. The van der Waals surface area contributed by atoms with Gasteiger partial charge in [0.15, 0.2) is 0 Å². The topological polar surface area (TPSA) is 16.1 Å². The van der Waals surface area contributed by atoms with Gasteiger partial charge in [-0.25, -0.2) is 0 Å². The van der Waals surface area contributed by atoms with Crippen LogP contribution in [0.5, 0.6) is 0 Å². The quantitative estimate of drug-likeness (QED) is 0.311. The Morgan fingerprint density at radius 1 is 0.793 bits per heavy atom. The van der Waals surface area contributed by atoms with E-state index in [1.807, 2.05) is 0 Å². The fourth-order valence-corrected chi connectivity index (χ4v) is 4.11. The van der Waals surface area contributed by atoms with E-state index in [1.165, 1.54) is 16.5 Å². The van der Waals surface area contributed by atoms with E-state index in [1.54, 1.807) is 0 Å². The summed E-state index contributed by atoms with van der Waals surface area (Å²) in [6.07, 6.45) is 0. The lowest BCUT2D eigenvalue weighted by molar-refractivity contribution is 0.242. The summed E-state index contributed by atoms with van der Waals surface area (Å²) in [6.45, 7) is 5.09. The van der Waals surface area contributed by atoms with Crippen LogP contribution in [0.3, 0.4) is 0 Å². The van der Waals surface area contributed by atoms with E-state index in [4.69, 9.17) is 4.98 Å². The summed E-state index contributed by atoms with van der Waals surface area (Å²) in [5.41, 5.74) is 4.88. The molecule has 1 heterocycles. The number of hydrogen-bond donors (Lipinski definition) is 0. The van der Waals surface area contributed by atoms with Crippen LogP contribution in [0, 0.1) is 0 Å². The molecule has 0 aliphatic heterocycles. The monoisotopic (exact) mass is 444 g/mol. The molecule has 0 saturated heterocycles. The van der Waals surface area contributed by atoms with Gasteiger partial charge < -0.3 is 0 Å². The maximum atomic E-state index is 4.94. The predicted octanol–water partition coefficient (Wildman–Crippen LogP) is 6.80. The lowest BCUT2D eigenvalue weighted by atomic mass is 10.0. The van der Waals surface area contributed by atoms with Crippen molar-refractivity contribution in [3.8, 4) is 0 Å². The summed E-state index contributed by atoms with van der Waals surface area (Å²) >= 11 is 3.54. The minimum atomic E-state index is 0.343. The first-order valence-electron chi connectivity index (χ1n) is 10.0. The lowest BCUT2D eigenvalue weighted by Gasteiger charge is -2.26. The zero-order valence-electron chi connectivity index (χ0n) is 16.6. The lowest BCUT2D eigenvalue weighted by Crippen LogP contribution is -2.27. The van der Waals surface area contributed by atoms with Crippen molar-refractivity contribution in [3.63, 3.8) is 0 Å². The molecule has 0 amide bonds. The number of hydrogen-bond acceptors (Lipinski definition) is 2. The molecular weight excluding hydrogens is 420 g/mol. The van der Waals surface area contributed by atoms with Crippen LogP contribution in [0.25, 0.3) is 10.9 Å². The normalized spacial score (nSPS) is 12.4. The highest BCUT2D eigenvalue weighted by Gasteiger charge is 2.15. The van der Waals surface area contributed by atoms with Crippen LogP contribution in [0.15, 0.2) is 95.5 Å². The maximum Gasteiger partial charge on any atom is 0.0706 e. The van der Waals surface area contributed by atoms with E-state index in [9.17, 15) is 0 Å². The van der Waals surface area contributed by atoms with Gasteiger partial charge in [-0.1, -0.05) is 89.6 Å². The van der Waals surface area contributed by atoms with Crippen molar-refractivity contribution in [2.75, 3.05) is 6.54 Å². The summed E-state index contributed by atoms with van der Waals surface area (Å²) in [7, 11) is 0. The van der Waals surface area contributed by atoms with Crippen LogP contribution < -0.4 is 0 Å². The van der Waals surface area contributed by atoms with Gasteiger partial charge in [0.2, 0.25) is 0 Å². The summed E-state index contributed by atoms with van der Waals surface area (Å²) in [5, 5.41) is 1.17. The Morgan fingerprint density at radius 3 is 2.03 bits per heavy atom. The van der Waals surface area contributed by atoms with Gasteiger partial charge in [0.1, 0.15) is 0 Å². The zero-order chi connectivity index (χ0) is 20.1. The van der Waals surface area contributed by atoms with Gasteiger partial charge in [0.05, 0.1) is 5.52 Å². The summed E-state index contributed by atoms with van der Waals surface area (Å²) in [5.74, 6) is 0.343. The summed E-state index contributed by atoms with van der Waals surface area (Å²) in [6, 6.07) is 32.0. The molecule has 0 aliphatic carbocycles. The highest BCUT2D eigenvalue weighted by Crippen LogP contribution is 2.23. The van der Waals surface area contributed by atoms with Gasteiger partial charge in [-0.15, -0.1) is 0 Å². The van der Waals surface area contributed by atoms with Crippen molar-refractivity contribution >= 4 is 26.8 Å². The van der Waals surface area contributed by atoms with Crippen LogP contribution in [-0.2, 0) is 13.1 Å². The largest absolute Gasteiger partial charge is 0.294 e. The van der Waals surface area contributed by atoms with Gasteiger partial charge in [-0.05, 0) is 35.4 Å². The van der Waals surface area contributed by atoms with Crippen molar-refractivity contribution in [1.29, 1.82) is 0 Å². The maximum absolute atomic E-state index is 4.94. The Morgan fingerprint density at radius 2 is 1.41 bits per heavy atom. The Balaban J connectivity index is 1.54. The van der Waals surface area contributed by atoms with E-state index >= 15 is 0 Å². The highest BCUT2D eigenvalue weighted by atomic mass is 79.9. The van der Waals surface area contributed by atoms with Crippen molar-refractivity contribution in [2.45, 2.75) is 25.9 Å². The molecule has 1 atom stereocenters. The molecule has 3 heteroatoms. The Bertz CT molecular complexity index is 1020. The number of aromatic nitrogens is 1. The van der Waals surface area contributed by atoms with Crippen LogP contribution >= 0.6 is 15.9 Å². The van der Waals surface area contributed by atoms with Crippen LogP contribution in [0.1, 0.15) is 29.7 Å². The third-order valence-electron chi connectivity index (χ3n) is 5.21. The van der Waals surface area contributed by atoms with Crippen molar-refractivity contribution in [2.24, 2.45) is 0 Å². The summed E-state index contributed by atoms with van der Waals surface area (Å²) < 4.78 is 1.09. The van der Waals surface area contributed by atoms with E-state index in [0.717, 1.165) is 35.3 Å². The molecule has 1 unspecified atom stereocenters. The molecule has 0 aliphatic rings. The molecule has 0 fully saturated rings. The molecule has 29 heavy (non-hydrogen) atoms. The average molecular weight is 445 g/mol. The molecule has 4 rings (SSSR count). The van der Waals surface area contributed by atoms with E-state index in [2.05, 4.69) is 119 Å². The molecule has 0 saturated carbocycles. The van der Waals surface area contributed by atoms with Gasteiger partial charge in [0, 0.05) is 41.1 Å². The zero-order valence-corrected chi connectivity index (χ0v) is 18.2. The first-order chi connectivity index (χ1) is 14.2.